The normalized spacial score (nSPS) is 19.2. The third kappa shape index (κ3) is 4.31. The van der Waals surface area contributed by atoms with Gasteiger partial charge in [0.1, 0.15) is 0 Å². The zero-order valence-corrected chi connectivity index (χ0v) is 12.3. The first-order valence-corrected chi connectivity index (χ1v) is 7.25. The molecule has 2 rings (SSSR count). The molecule has 1 aliphatic rings. The Morgan fingerprint density at radius 3 is 2.80 bits per heavy atom. The van der Waals surface area contributed by atoms with Gasteiger partial charge in [-0.05, 0) is 31.5 Å². The molecule has 4 heteroatoms. The molecule has 20 heavy (non-hydrogen) atoms. The summed E-state index contributed by atoms with van der Waals surface area (Å²) in [5, 5.41) is 12.6. The Bertz CT molecular complexity index is 463. The van der Waals surface area contributed by atoms with Crippen molar-refractivity contribution in [2.24, 2.45) is 0 Å². The zero-order chi connectivity index (χ0) is 14.4. The molecule has 0 saturated carbocycles. The number of nitrogens with zero attached hydrogens (tertiary/aromatic N) is 2. The van der Waals surface area contributed by atoms with E-state index in [0.717, 1.165) is 44.0 Å². The standard InChI is InChI=1S/C16H23N3O/c1-13(12-19-6-8-20-9-7-19)18-14(2)16-5-3-4-15(10-16)11-17/h3-5,10,13-14,18H,6-9,12H2,1-2H3. The van der Waals surface area contributed by atoms with Crippen LogP contribution in [0.5, 0.6) is 0 Å². The van der Waals surface area contributed by atoms with E-state index in [2.05, 4.69) is 36.2 Å². The SMILES string of the molecule is CC(CN1CCOCC1)NC(C)c1cccc(C#N)c1. The highest BCUT2D eigenvalue weighted by atomic mass is 16.5. The van der Waals surface area contributed by atoms with Gasteiger partial charge in [-0.2, -0.15) is 5.26 Å². The van der Waals surface area contributed by atoms with Crippen LogP contribution < -0.4 is 5.32 Å². The lowest BCUT2D eigenvalue weighted by Gasteiger charge is -2.30. The second-order valence-electron chi connectivity index (χ2n) is 5.44. The molecular weight excluding hydrogens is 250 g/mol. The van der Waals surface area contributed by atoms with Gasteiger partial charge in [0.2, 0.25) is 0 Å². The van der Waals surface area contributed by atoms with Gasteiger partial charge in [0.15, 0.2) is 0 Å². The molecule has 108 valence electrons. The van der Waals surface area contributed by atoms with E-state index in [1.807, 2.05) is 18.2 Å². The Balaban J connectivity index is 1.86. The summed E-state index contributed by atoms with van der Waals surface area (Å²) < 4.78 is 5.36. The van der Waals surface area contributed by atoms with E-state index >= 15 is 0 Å². The molecule has 1 fully saturated rings. The van der Waals surface area contributed by atoms with E-state index in [1.165, 1.54) is 0 Å². The van der Waals surface area contributed by atoms with Crippen LogP contribution in [0.2, 0.25) is 0 Å². The van der Waals surface area contributed by atoms with Crippen LogP contribution >= 0.6 is 0 Å². The fraction of sp³-hybridized carbons (Fsp3) is 0.562. The minimum Gasteiger partial charge on any atom is -0.379 e. The lowest BCUT2D eigenvalue weighted by atomic mass is 10.0. The van der Waals surface area contributed by atoms with Gasteiger partial charge in [0.25, 0.3) is 0 Å². The summed E-state index contributed by atoms with van der Waals surface area (Å²) in [5.41, 5.74) is 1.88. The van der Waals surface area contributed by atoms with Crippen molar-refractivity contribution < 1.29 is 4.74 Å². The molecule has 1 N–H and O–H groups in total. The molecule has 0 radical (unpaired) electrons. The van der Waals surface area contributed by atoms with Gasteiger partial charge < -0.3 is 10.1 Å². The largest absolute Gasteiger partial charge is 0.379 e. The highest BCUT2D eigenvalue weighted by Gasteiger charge is 2.15. The first kappa shape index (κ1) is 15.0. The van der Waals surface area contributed by atoms with Crippen molar-refractivity contribution in [2.45, 2.75) is 25.9 Å². The molecule has 1 saturated heterocycles. The van der Waals surface area contributed by atoms with Crippen LogP contribution in [0.25, 0.3) is 0 Å². The van der Waals surface area contributed by atoms with Gasteiger partial charge >= 0.3 is 0 Å². The highest BCUT2D eigenvalue weighted by molar-refractivity contribution is 5.34. The summed E-state index contributed by atoms with van der Waals surface area (Å²) >= 11 is 0. The Hall–Kier alpha value is -1.41. The maximum Gasteiger partial charge on any atom is 0.0991 e. The minimum atomic E-state index is 0.249. The summed E-state index contributed by atoms with van der Waals surface area (Å²) in [6.45, 7) is 9.10. The van der Waals surface area contributed by atoms with E-state index in [9.17, 15) is 0 Å². The average Bonchev–Trinajstić information content (AvgIpc) is 2.48. The van der Waals surface area contributed by atoms with Crippen molar-refractivity contribution >= 4 is 0 Å². The number of nitrogens with one attached hydrogen (secondary N) is 1. The maximum atomic E-state index is 8.95. The van der Waals surface area contributed by atoms with Crippen molar-refractivity contribution in [2.75, 3.05) is 32.8 Å². The number of benzene rings is 1. The van der Waals surface area contributed by atoms with Gasteiger partial charge in [0, 0.05) is 31.7 Å². The molecule has 4 nitrogen and oxygen atoms in total. The van der Waals surface area contributed by atoms with Crippen LogP contribution in [0.1, 0.15) is 31.0 Å². The average molecular weight is 273 g/mol. The Morgan fingerprint density at radius 2 is 2.10 bits per heavy atom. The van der Waals surface area contributed by atoms with Gasteiger partial charge in [-0.25, -0.2) is 0 Å². The van der Waals surface area contributed by atoms with Crippen LogP contribution in [-0.2, 0) is 4.74 Å². The van der Waals surface area contributed by atoms with Crippen LogP contribution in [0, 0.1) is 11.3 Å². The number of nitriles is 1. The van der Waals surface area contributed by atoms with Crippen molar-refractivity contribution in [3.63, 3.8) is 0 Å². The highest BCUT2D eigenvalue weighted by Crippen LogP contribution is 2.14. The quantitative estimate of drug-likeness (QED) is 0.890. The molecule has 1 aromatic rings. The smallest absolute Gasteiger partial charge is 0.0991 e. The molecular formula is C16H23N3O. The van der Waals surface area contributed by atoms with E-state index < -0.39 is 0 Å². The van der Waals surface area contributed by atoms with Gasteiger partial charge in [-0.1, -0.05) is 12.1 Å². The van der Waals surface area contributed by atoms with E-state index in [1.54, 1.807) is 0 Å². The summed E-state index contributed by atoms with van der Waals surface area (Å²) in [5.74, 6) is 0. The summed E-state index contributed by atoms with van der Waals surface area (Å²) in [7, 11) is 0. The Kier molecular flexibility index (Phi) is 5.54. The third-order valence-corrected chi connectivity index (χ3v) is 3.69. The topological polar surface area (TPSA) is 48.3 Å². The van der Waals surface area contributed by atoms with E-state index in [0.29, 0.717) is 6.04 Å². The molecule has 2 atom stereocenters. The van der Waals surface area contributed by atoms with E-state index in [4.69, 9.17) is 10.00 Å². The molecule has 1 heterocycles. The third-order valence-electron chi connectivity index (χ3n) is 3.69. The van der Waals surface area contributed by atoms with Crippen molar-refractivity contribution in [1.82, 2.24) is 10.2 Å². The predicted molar refractivity (Wildman–Crippen MR) is 79.4 cm³/mol. The molecule has 1 aliphatic heterocycles. The molecule has 0 aliphatic carbocycles. The van der Waals surface area contributed by atoms with Crippen LogP contribution in [0.3, 0.4) is 0 Å². The van der Waals surface area contributed by atoms with Crippen molar-refractivity contribution in [1.29, 1.82) is 5.26 Å². The summed E-state index contributed by atoms with van der Waals surface area (Å²) in [6.07, 6.45) is 0. The van der Waals surface area contributed by atoms with Crippen molar-refractivity contribution in [3.8, 4) is 6.07 Å². The fourth-order valence-corrected chi connectivity index (χ4v) is 2.62. The Morgan fingerprint density at radius 1 is 1.35 bits per heavy atom. The molecule has 1 aromatic carbocycles. The number of hydrogen-bond acceptors (Lipinski definition) is 4. The molecule has 0 spiro atoms. The first-order valence-electron chi connectivity index (χ1n) is 7.25. The lowest BCUT2D eigenvalue weighted by molar-refractivity contribution is 0.0339. The minimum absolute atomic E-state index is 0.249. The number of morpholine rings is 1. The zero-order valence-electron chi connectivity index (χ0n) is 12.3. The lowest BCUT2D eigenvalue weighted by Crippen LogP contribution is -2.44. The van der Waals surface area contributed by atoms with Crippen LogP contribution in [0.4, 0.5) is 0 Å². The Labute approximate surface area is 121 Å². The van der Waals surface area contributed by atoms with Crippen LogP contribution in [-0.4, -0.2) is 43.8 Å². The van der Waals surface area contributed by atoms with Crippen LogP contribution in [0.15, 0.2) is 24.3 Å². The second kappa shape index (κ2) is 7.39. The number of ether oxygens (including phenoxy) is 1. The predicted octanol–water partition coefficient (Wildman–Crippen LogP) is 1.93. The van der Waals surface area contributed by atoms with Gasteiger partial charge in [-0.3, -0.25) is 4.90 Å². The molecule has 2 unspecified atom stereocenters. The monoisotopic (exact) mass is 273 g/mol. The van der Waals surface area contributed by atoms with Crippen molar-refractivity contribution in [3.05, 3.63) is 35.4 Å². The van der Waals surface area contributed by atoms with Gasteiger partial charge in [0.05, 0.1) is 24.8 Å². The molecule has 0 aromatic heterocycles. The molecule has 0 amide bonds. The maximum absolute atomic E-state index is 8.95. The second-order valence-corrected chi connectivity index (χ2v) is 5.44. The first-order chi connectivity index (χ1) is 9.69. The summed E-state index contributed by atoms with van der Waals surface area (Å²) in [4.78, 5) is 2.43. The molecule has 0 bridgehead atoms. The van der Waals surface area contributed by atoms with E-state index in [-0.39, 0.29) is 6.04 Å². The summed E-state index contributed by atoms with van der Waals surface area (Å²) in [6, 6.07) is 10.7. The number of hydrogen-bond donors (Lipinski definition) is 1. The fourth-order valence-electron chi connectivity index (χ4n) is 2.62. The number of rotatable bonds is 5. The van der Waals surface area contributed by atoms with Gasteiger partial charge in [-0.15, -0.1) is 0 Å².